The largest absolute Gasteiger partial charge is 0.463 e. The second-order valence-electron chi connectivity index (χ2n) is 4.87. The highest BCUT2D eigenvalue weighted by Crippen LogP contribution is 2.25. The van der Waals surface area contributed by atoms with E-state index in [4.69, 9.17) is 18.9 Å². The molecule has 0 radical (unpaired) electrons. The number of esters is 2. The quantitative estimate of drug-likeness (QED) is 0.601. The molecule has 9 nitrogen and oxygen atoms in total. The lowest BCUT2D eigenvalue weighted by Crippen LogP contribution is -2.65. The van der Waals surface area contributed by atoms with Crippen LogP contribution in [0.1, 0.15) is 20.8 Å². The van der Waals surface area contributed by atoms with Gasteiger partial charge in [0.25, 0.3) is 0 Å². The average Bonchev–Trinajstić information content (AvgIpc) is 2.39. The van der Waals surface area contributed by atoms with Gasteiger partial charge in [-0.15, -0.1) is 0 Å². The highest BCUT2D eigenvalue weighted by Gasteiger charge is 2.48. The summed E-state index contributed by atoms with van der Waals surface area (Å²) in [7, 11) is 1.35. The molecule has 0 aromatic heterocycles. The number of aliphatic hydroxyl groups excluding tert-OH is 1. The van der Waals surface area contributed by atoms with Gasteiger partial charge in [0.15, 0.2) is 12.4 Å². The number of ether oxygens (including phenoxy) is 4. The third-order valence-electron chi connectivity index (χ3n) is 3.06. The molecule has 3 unspecified atom stereocenters. The van der Waals surface area contributed by atoms with E-state index in [9.17, 15) is 19.5 Å². The first-order valence-electron chi connectivity index (χ1n) is 6.70. The van der Waals surface area contributed by atoms with E-state index in [1.54, 1.807) is 0 Å². The van der Waals surface area contributed by atoms with Crippen LogP contribution in [0.3, 0.4) is 0 Å². The van der Waals surface area contributed by atoms with Gasteiger partial charge in [-0.1, -0.05) is 0 Å². The van der Waals surface area contributed by atoms with Gasteiger partial charge >= 0.3 is 11.9 Å². The summed E-state index contributed by atoms with van der Waals surface area (Å²) in [5.74, 6) is -1.57. The van der Waals surface area contributed by atoms with E-state index >= 15 is 0 Å². The number of nitrogens with one attached hydrogen (secondary N) is 1. The van der Waals surface area contributed by atoms with Crippen molar-refractivity contribution in [2.75, 3.05) is 13.7 Å². The van der Waals surface area contributed by atoms with Crippen LogP contribution in [0.25, 0.3) is 0 Å². The van der Waals surface area contributed by atoms with Crippen molar-refractivity contribution in [2.45, 2.75) is 51.4 Å². The average molecular weight is 319 g/mol. The third kappa shape index (κ3) is 4.93. The van der Waals surface area contributed by atoms with Gasteiger partial charge in [0.05, 0.1) is 0 Å². The minimum atomic E-state index is -1.44. The second kappa shape index (κ2) is 8.06. The van der Waals surface area contributed by atoms with Gasteiger partial charge < -0.3 is 29.4 Å². The number of hydrogen-bond donors (Lipinski definition) is 2. The zero-order valence-electron chi connectivity index (χ0n) is 12.9. The molecule has 1 amide bonds. The number of aliphatic hydroxyl groups is 1. The van der Waals surface area contributed by atoms with Gasteiger partial charge in [-0.25, -0.2) is 0 Å². The Morgan fingerprint density at radius 3 is 2.23 bits per heavy atom. The normalized spacial score (nSPS) is 31.2. The molecule has 0 aliphatic carbocycles. The van der Waals surface area contributed by atoms with Gasteiger partial charge in [-0.2, -0.15) is 0 Å². The Bertz CT molecular complexity index is 426. The van der Waals surface area contributed by atoms with E-state index in [2.05, 4.69) is 5.32 Å². The van der Waals surface area contributed by atoms with Crippen molar-refractivity contribution in [1.29, 1.82) is 0 Å². The number of hydrogen-bond acceptors (Lipinski definition) is 8. The summed E-state index contributed by atoms with van der Waals surface area (Å²) in [5, 5.41) is 12.5. The molecule has 1 saturated heterocycles. The van der Waals surface area contributed by atoms with Crippen LogP contribution < -0.4 is 5.32 Å². The molecule has 2 N–H and O–H groups in total. The Hall–Kier alpha value is -1.71. The number of carbonyl (C=O) groups is 3. The summed E-state index contributed by atoms with van der Waals surface area (Å²) < 4.78 is 20.6. The molecule has 126 valence electrons. The minimum Gasteiger partial charge on any atom is -0.463 e. The Morgan fingerprint density at radius 2 is 1.77 bits per heavy atom. The van der Waals surface area contributed by atoms with Crippen molar-refractivity contribution in [1.82, 2.24) is 5.32 Å². The number of amides is 1. The first-order chi connectivity index (χ1) is 10.3. The molecule has 5 atom stereocenters. The fraction of sp³-hybridized carbons (Fsp3) is 0.769. The Morgan fingerprint density at radius 1 is 1.14 bits per heavy atom. The van der Waals surface area contributed by atoms with E-state index in [-0.39, 0.29) is 6.61 Å². The molecule has 1 heterocycles. The lowest BCUT2D eigenvalue weighted by Gasteiger charge is -2.43. The second-order valence-corrected chi connectivity index (χ2v) is 4.87. The fourth-order valence-corrected chi connectivity index (χ4v) is 2.26. The fourth-order valence-electron chi connectivity index (χ4n) is 2.26. The Labute approximate surface area is 127 Å². The van der Waals surface area contributed by atoms with Crippen LogP contribution in [0.15, 0.2) is 0 Å². The predicted octanol–water partition coefficient (Wildman–Crippen LogP) is -1.28. The van der Waals surface area contributed by atoms with Crippen LogP contribution in [0.4, 0.5) is 0 Å². The summed E-state index contributed by atoms with van der Waals surface area (Å²) in [6, 6.07) is -1.00. The number of carbonyl (C=O) groups excluding carboxylic acids is 3. The minimum absolute atomic E-state index is 0.185. The highest BCUT2D eigenvalue weighted by molar-refractivity contribution is 5.73. The monoisotopic (exact) mass is 319 g/mol. The molecule has 1 aliphatic rings. The molecular weight excluding hydrogens is 298 g/mol. The molecule has 1 fully saturated rings. The van der Waals surface area contributed by atoms with Crippen LogP contribution in [0.5, 0.6) is 0 Å². The molecule has 0 saturated carbocycles. The van der Waals surface area contributed by atoms with E-state index in [1.807, 2.05) is 0 Å². The topological polar surface area (TPSA) is 120 Å². The summed E-state index contributed by atoms with van der Waals surface area (Å²) in [6.45, 7) is 3.49. The maximum atomic E-state index is 11.3. The van der Waals surface area contributed by atoms with Crippen molar-refractivity contribution in [3.05, 3.63) is 0 Å². The molecule has 0 spiro atoms. The van der Waals surface area contributed by atoms with Crippen LogP contribution >= 0.6 is 0 Å². The maximum absolute atomic E-state index is 11.3. The summed E-state index contributed by atoms with van der Waals surface area (Å²) in [5.41, 5.74) is 0. The maximum Gasteiger partial charge on any atom is 0.303 e. The molecule has 22 heavy (non-hydrogen) atoms. The lowest BCUT2D eigenvalue weighted by molar-refractivity contribution is -0.264. The van der Waals surface area contributed by atoms with Crippen molar-refractivity contribution >= 4 is 17.8 Å². The van der Waals surface area contributed by atoms with Crippen LogP contribution in [0, 0.1) is 0 Å². The van der Waals surface area contributed by atoms with E-state index in [0.29, 0.717) is 0 Å². The van der Waals surface area contributed by atoms with Crippen molar-refractivity contribution in [3.8, 4) is 0 Å². The van der Waals surface area contributed by atoms with Crippen molar-refractivity contribution in [2.24, 2.45) is 0 Å². The lowest BCUT2D eigenvalue weighted by atomic mass is 9.96. The zero-order chi connectivity index (χ0) is 16.9. The SMILES string of the molecule is CO[C@H]1C(COC(C)=O)OC(O)C(NC(C)=O)[C@H]1OC(C)=O. The summed E-state index contributed by atoms with van der Waals surface area (Å²) >= 11 is 0. The highest BCUT2D eigenvalue weighted by atomic mass is 16.7. The van der Waals surface area contributed by atoms with Gasteiger partial charge in [0, 0.05) is 27.9 Å². The van der Waals surface area contributed by atoms with Crippen LogP contribution in [-0.4, -0.2) is 67.3 Å². The molecule has 1 rings (SSSR count). The molecule has 0 bridgehead atoms. The molecule has 0 aromatic rings. The molecule has 1 aliphatic heterocycles. The van der Waals surface area contributed by atoms with Gasteiger partial charge in [0.1, 0.15) is 24.9 Å². The zero-order valence-corrected chi connectivity index (χ0v) is 12.9. The van der Waals surface area contributed by atoms with Gasteiger partial charge in [0.2, 0.25) is 5.91 Å². The Balaban J connectivity index is 2.96. The van der Waals surface area contributed by atoms with E-state index < -0.39 is 48.5 Å². The molecule has 9 heteroatoms. The van der Waals surface area contributed by atoms with Crippen LogP contribution in [0.2, 0.25) is 0 Å². The van der Waals surface area contributed by atoms with E-state index in [0.717, 1.165) is 0 Å². The molecular formula is C13H21NO8. The van der Waals surface area contributed by atoms with Crippen molar-refractivity contribution < 1.29 is 38.4 Å². The first kappa shape index (κ1) is 18.3. The number of methoxy groups -OCH3 is 1. The van der Waals surface area contributed by atoms with Gasteiger partial charge in [-0.3, -0.25) is 14.4 Å². The van der Waals surface area contributed by atoms with Crippen LogP contribution in [-0.2, 0) is 33.3 Å². The summed E-state index contributed by atoms with van der Waals surface area (Å²) in [4.78, 5) is 33.4. The Kier molecular flexibility index (Phi) is 6.72. The van der Waals surface area contributed by atoms with Crippen molar-refractivity contribution in [3.63, 3.8) is 0 Å². The number of rotatable bonds is 5. The summed E-state index contributed by atoms with van der Waals surface area (Å²) in [6.07, 6.45) is -4.11. The third-order valence-corrected chi connectivity index (χ3v) is 3.06. The molecule has 0 aromatic carbocycles. The van der Waals surface area contributed by atoms with E-state index in [1.165, 1.54) is 27.9 Å². The van der Waals surface area contributed by atoms with Gasteiger partial charge in [-0.05, 0) is 0 Å². The predicted molar refractivity (Wildman–Crippen MR) is 71.5 cm³/mol. The smallest absolute Gasteiger partial charge is 0.303 e. The standard InChI is InChI=1S/C13H21NO8/c1-6(15)14-10-12(21-8(3)17)11(19-4)9(22-13(10)18)5-20-7(2)16/h9-13,18H,5H2,1-4H3,(H,14,15)/t9?,10?,11-,12+,13?/m0/s1. The first-order valence-corrected chi connectivity index (χ1v) is 6.70.